The first kappa shape index (κ1) is 24.6. The molecule has 5 heteroatoms. The molecule has 35 heavy (non-hydrogen) atoms. The highest BCUT2D eigenvalue weighted by Crippen LogP contribution is 2.24. The fourth-order valence-corrected chi connectivity index (χ4v) is 4.14. The molecule has 0 aliphatic carbocycles. The molecule has 0 radical (unpaired) electrons. The molecule has 0 saturated carbocycles. The van der Waals surface area contributed by atoms with E-state index in [1.807, 2.05) is 79.4 Å². The van der Waals surface area contributed by atoms with Crippen LogP contribution in [0.3, 0.4) is 0 Å². The molecular formula is C30H34N2O3. The first-order chi connectivity index (χ1) is 17.1. The molecule has 182 valence electrons. The Morgan fingerprint density at radius 1 is 0.914 bits per heavy atom. The van der Waals surface area contributed by atoms with Gasteiger partial charge in [-0.15, -0.1) is 0 Å². The van der Waals surface area contributed by atoms with Crippen LogP contribution in [0.4, 0.5) is 0 Å². The van der Waals surface area contributed by atoms with Crippen molar-refractivity contribution in [2.45, 2.75) is 20.5 Å². The molecule has 0 aromatic heterocycles. The van der Waals surface area contributed by atoms with Crippen molar-refractivity contribution in [2.24, 2.45) is 0 Å². The minimum Gasteiger partial charge on any atom is -0.493 e. The van der Waals surface area contributed by atoms with E-state index in [9.17, 15) is 4.79 Å². The quantitative estimate of drug-likeness (QED) is 0.417. The minimum absolute atomic E-state index is 0.0594. The summed E-state index contributed by atoms with van der Waals surface area (Å²) in [6.07, 6.45) is 4.34. The summed E-state index contributed by atoms with van der Waals surface area (Å²) in [6.45, 7) is 8.98. The highest BCUT2D eigenvalue weighted by atomic mass is 16.5. The van der Waals surface area contributed by atoms with E-state index >= 15 is 0 Å². The number of rotatable bonds is 9. The van der Waals surface area contributed by atoms with Gasteiger partial charge in [-0.25, -0.2) is 0 Å². The van der Waals surface area contributed by atoms with Crippen LogP contribution in [-0.2, 0) is 6.61 Å². The number of nitrogens with zero attached hydrogens (tertiary/aromatic N) is 2. The molecule has 4 rings (SSSR count). The normalized spacial score (nSPS) is 14.3. The van der Waals surface area contributed by atoms with Crippen molar-refractivity contribution in [1.29, 1.82) is 0 Å². The largest absolute Gasteiger partial charge is 0.493 e. The van der Waals surface area contributed by atoms with E-state index in [-0.39, 0.29) is 5.91 Å². The molecule has 0 N–H and O–H groups in total. The summed E-state index contributed by atoms with van der Waals surface area (Å²) in [4.78, 5) is 17.6. The molecule has 0 unspecified atom stereocenters. The predicted molar refractivity (Wildman–Crippen MR) is 141 cm³/mol. The molecule has 1 fully saturated rings. The first-order valence-corrected chi connectivity index (χ1v) is 12.3. The fraction of sp³-hybridized carbons (Fsp3) is 0.300. The Hall–Kier alpha value is -3.57. The van der Waals surface area contributed by atoms with Crippen LogP contribution in [0.1, 0.15) is 34.0 Å². The van der Waals surface area contributed by atoms with Gasteiger partial charge in [0.05, 0.1) is 6.61 Å². The molecule has 1 amide bonds. The van der Waals surface area contributed by atoms with Crippen molar-refractivity contribution < 1.29 is 14.3 Å². The zero-order valence-electron chi connectivity index (χ0n) is 20.7. The van der Waals surface area contributed by atoms with Gasteiger partial charge in [0.1, 0.15) is 18.1 Å². The molecule has 0 bridgehead atoms. The molecule has 1 saturated heterocycles. The van der Waals surface area contributed by atoms with Crippen molar-refractivity contribution in [3.05, 3.63) is 101 Å². The Balaban J connectivity index is 1.34. The van der Waals surface area contributed by atoms with Gasteiger partial charge in [0, 0.05) is 43.9 Å². The van der Waals surface area contributed by atoms with Crippen LogP contribution in [-0.4, -0.2) is 55.0 Å². The summed E-state index contributed by atoms with van der Waals surface area (Å²) in [5.74, 6) is 1.61. The number of amides is 1. The second-order valence-corrected chi connectivity index (χ2v) is 8.76. The monoisotopic (exact) mass is 470 g/mol. The second-order valence-electron chi connectivity index (χ2n) is 8.76. The van der Waals surface area contributed by atoms with Gasteiger partial charge in [-0.1, -0.05) is 60.2 Å². The Labute approximate surface area is 208 Å². The highest BCUT2D eigenvalue weighted by molar-refractivity contribution is 5.94. The molecule has 3 aromatic carbocycles. The average molecular weight is 471 g/mol. The van der Waals surface area contributed by atoms with Crippen molar-refractivity contribution in [2.75, 3.05) is 39.3 Å². The summed E-state index contributed by atoms with van der Waals surface area (Å²) in [7, 11) is 0. The topological polar surface area (TPSA) is 42.0 Å². The Morgan fingerprint density at radius 3 is 2.37 bits per heavy atom. The van der Waals surface area contributed by atoms with E-state index in [4.69, 9.17) is 9.47 Å². The third-order valence-corrected chi connectivity index (χ3v) is 6.16. The zero-order valence-corrected chi connectivity index (χ0v) is 20.7. The third-order valence-electron chi connectivity index (χ3n) is 6.16. The minimum atomic E-state index is 0.0594. The molecule has 0 spiro atoms. The SMILES string of the molecule is CCOc1ccc(C(=O)N2CCN(C/C=C/c3ccccc3)CC2)cc1COc1ccc(C)cc1. The predicted octanol–water partition coefficient (Wildman–Crippen LogP) is 5.44. The smallest absolute Gasteiger partial charge is 0.253 e. The number of carbonyl (C=O) groups is 1. The van der Waals surface area contributed by atoms with Gasteiger partial charge in [-0.05, 0) is 49.7 Å². The average Bonchev–Trinajstić information content (AvgIpc) is 2.90. The number of piperazine rings is 1. The molecule has 0 atom stereocenters. The van der Waals surface area contributed by atoms with Crippen LogP contribution < -0.4 is 9.47 Å². The molecule has 3 aromatic rings. The number of hydrogen-bond acceptors (Lipinski definition) is 4. The van der Waals surface area contributed by atoms with Gasteiger partial charge >= 0.3 is 0 Å². The van der Waals surface area contributed by atoms with E-state index in [1.54, 1.807) is 0 Å². The Kier molecular flexibility index (Phi) is 8.58. The van der Waals surface area contributed by atoms with Gasteiger partial charge in [0.2, 0.25) is 0 Å². The van der Waals surface area contributed by atoms with Crippen molar-refractivity contribution in [3.8, 4) is 11.5 Å². The van der Waals surface area contributed by atoms with Gasteiger partial charge in [-0.2, -0.15) is 0 Å². The molecule has 5 nitrogen and oxygen atoms in total. The van der Waals surface area contributed by atoms with Gasteiger partial charge in [0.15, 0.2) is 0 Å². The maximum atomic E-state index is 13.3. The molecule has 1 aliphatic heterocycles. The van der Waals surface area contributed by atoms with Crippen LogP contribution in [0.2, 0.25) is 0 Å². The summed E-state index contributed by atoms with van der Waals surface area (Å²) in [6, 6.07) is 23.9. The molecular weight excluding hydrogens is 436 g/mol. The Morgan fingerprint density at radius 2 is 1.66 bits per heavy atom. The van der Waals surface area contributed by atoms with Crippen molar-refractivity contribution in [3.63, 3.8) is 0 Å². The summed E-state index contributed by atoms with van der Waals surface area (Å²) < 4.78 is 11.8. The van der Waals surface area contributed by atoms with E-state index in [0.29, 0.717) is 18.8 Å². The fourth-order valence-electron chi connectivity index (χ4n) is 4.14. The highest BCUT2D eigenvalue weighted by Gasteiger charge is 2.22. The van der Waals surface area contributed by atoms with E-state index in [1.165, 1.54) is 11.1 Å². The number of ether oxygens (including phenoxy) is 2. The number of carbonyl (C=O) groups excluding carboxylic acids is 1. The van der Waals surface area contributed by atoms with Crippen LogP contribution in [0, 0.1) is 6.92 Å². The van der Waals surface area contributed by atoms with Crippen LogP contribution >= 0.6 is 0 Å². The number of benzene rings is 3. The summed E-state index contributed by atoms with van der Waals surface area (Å²) >= 11 is 0. The number of aryl methyl sites for hydroxylation is 1. The number of hydrogen-bond donors (Lipinski definition) is 0. The molecule has 1 aliphatic rings. The van der Waals surface area contributed by atoms with Gasteiger partial charge in [0.25, 0.3) is 5.91 Å². The van der Waals surface area contributed by atoms with Crippen LogP contribution in [0.25, 0.3) is 6.08 Å². The lowest BCUT2D eigenvalue weighted by Crippen LogP contribution is -2.48. The van der Waals surface area contributed by atoms with Crippen molar-refractivity contribution >= 4 is 12.0 Å². The maximum Gasteiger partial charge on any atom is 0.253 e. The van der Waals surface area contributed by atoms with Crippen LogP contribution in [0.15, 0.2) is 78.9 Å². The van der Waals surface area contributed by atoms with E-state index in [2.05, 4.69) is 29.2 Å². The van der Waals surface area contributed by atoms with E-state index in [0.717, 1.165) is 49.8 Å². The second kappa shape index (κ2) is 12.2. The summed E-state index contributed by atoms with van der Waals surface area (Å²) in [5, 5.41) is 0. The molecule has 1 heterocycles. The van der Waals surface area contributed by atoms with Crippen molar-refractivity contribution in [1.82, 2.24) is 9.80 Å². The van der Waals surface area contributed by atoms with E-state index < -0.39 is 0 Å². The van der Waals surface area contributed by atoms with Gasteiger partial charge < -0.3 is 14.4 Å². The first-order valence-electron chi connectivity index (χ1n) is 12.3. The summed E-state index contributed by atoms with van der Waals surface area (Å²) in [5.41, 5.74) is 3.95. The van der Waals surface area contributed by atoms with Crippen LogP contribution in [0.5, 0.6) is 11.5 Å². The Bertz CT molecular complexity index is 1120. The standard InChI is InChI=1S/C30H34N2O3/c1-3-34-29-16-13-26(22-27(29)23-35-28-14-11-24(2)12-15-28)30(33)32-20-18-31(19-21-32)17-7-10-25-8-5-4-6-9-25/h4-16,22H,3,17-21,23H2,1-2H3/b10-7+. The lowest BCUT2D eigenvalue weighted by Gasteiger charge is -2.34. The van der Waals surface area contributed by atoms with Gasteiger partial charge in [-0.3, -0.25) is 9.69 Å². The lowest BCUT2D eigenvalue weighted by molar-refractivity contribution is 0.0650. The lowest BCUT2D eigenvalue weighted by atomic mass is 10.1. The zero-order chi connectivity index (χ0) is 24.5. The third kappa shape index (κ3) is 6.96. The maximum absolute atomic E-state index is 13.3.